The third-order valence-corrected chi connectivity index (χ3v) is 12.3. The molecule has 0 aliphatic heterocycles. The fourth-order valence-electron chi connectivity index (χ4n) is 8.37. The molecule has 0 N–H and O–H groups in total. The second-order valence-corrected chi connectivity index (χ2v) is 15.5. The molecule has 0 saturated heterocycles. The van der Waals surface area contributed by atoms with Crippen LogP contribution < -0.4 is 4.90 Å². The van der Waals surface area contributed by atoms with Crippen molar-refractivity contribution in [2.24, 2.45) is 0 Å². The van der Waals surface area contributed by atoms with Crippen molar-refractivity contribution in [3.63, 3.8) is 0 Å². The van der Waals surface area contributed by atoms with Gasteiger partial charge >= 0.3 is 0 Å². The summed E-state index contributed by atoms with van der Waals surface area (Å²) >= 11 is 1.87. The van der Waals surface area contributed by atoms with Gasteiger partial charge in [-0.05, 0) is 75.8 Å². The zero-order valence-corrected chi connectivity index (χ0v) is 31.8. The fraction of sp³-hybridized carbons (Fsp3) is 0. The highest BCUT2D eigenvalue weighted by molar-refractivity contribution is 7.26. The highest BCUT2D eigenvalue weighted by Gasteiger charge is 2.23. The Labute approximate surface area is 335 Å². The SMILES string of the molecule is c1ccc(-c2ccc(N(c3ccc4c(c3)oc3ccccc34)c3cc(-c4ccccc4)ccc3-c3ccc(-c4ccccc4)c4c3sc3ccccc34)cc2)cc1. The third-order valence-electron chi connectivity index (χ3n) is 11.1. The first-order chi connectivity index (χ1) is 28.3. The summed E-state index contributed by atoms with van der Waals surface area (Å²) in [6.07, 6.45) is 0. The molecule has 11 aromatic rings. The van der Waals surface area contributed by atoms with Gasteiger partial charge in [0.25, 0.3) is 0 Å². The minimum atomic E-state index is 0.861. The fourth-order valence-corrected chi connectivity index (χ4v) is 9.62. The van der Waals surface area contributed by atoms with Gasteiger partial charge in [0, 0.05) is 59.5 Å². The van der Waals surface area contributed by atoms with E-state index in [0.29, 0.717) is 0 Å². The maximum Gasteiger partial charge on any atom is 0.137 e. The quantitative estimate of drug-likeness (QED) is 0.162. The molecule has 0 radical (unpaired) electrons. The van der Waals surface area contributed by atoms with Crippen LogP contribution in [-0.2, 0) is 0 Å². The third kappa shape index (κ3) is 5.80. The number of fused-ring (bicyclic) bond motifs is 6. The Morgan fingerprint density at radius 3 is 1.65 bits per heavy atom. The van der Waals surface area contributed by atoms with Crippen LogP contribution >= 0.6 is 11.3 Å². The van der Waals surface area contributed by atoms with E-state index in [-0.39, 0.29) is 0 Å². The molecule has 0 unspecified atom stereocenters. The van der Waals surface area contributed by atoms with Gasteiger partial charge in [-0.3, -0.25) is 0 Å². The summed E-state index contributed by atoms with van der Waals surface area (Å²) in [5.41, 5.74) is 14.4. The number of furan rings is 1. The van der Waals surface area contributed by atoms with Crippen LogP contribution in [0.15, 0.2) is 217 Å². The Kier molecular flexibility index (Phi) is 8.04. The lowest BCUT2D eigenvalue weighted by atomic mass is 9.92. The maximum atomic E-state index is 6.52. The van der Waals surface area contributed by atoms with Crippen LogP contribution in [0.4, 0.5) is 17.1 Å². The number of benzene rings is 9. The smallest absolute Gasteiger partial charge is 0.137 e. The van der Waals surface area contributed by atoms with E-state index in [1.165, 1.54) is 53.6 Å². The van der Waals surface area contributed by atoms with Crippen LogP contribution in [0, 0.1) is 0 Å². The Balaban J connectivity index is 1.19. The number of thiophene rings is 1. The molecule has 0 aliphatic carbocycles. The summed E-state index contributed by atoms with van der Waals surface area (Å²) in [5.74, 6) is 0. The molecule has 268 valence electrons. The molecule has 0 spiro atoms. The summed E-state index contributed by atoms with van der Waals surface area (Å²) in [4.78, 5) is 2.41. The molecule has 2 aromatic heterocycles. The van der Waals surface area contributed by atoms with Crippen LogP contribution in [0.3, 0.4) is 0 Å². The van der Waals surface area contributed by atoms with Gasteiger partial charge in [0.15, 0.2) is 0 Å². The predicted octanol–water partition coefficient (Wildman–Crippen LogP) is 16.1. The van der Waals surface area contributed by atoms with Crippen molar-refractivity contribution in [1.82, 2.24) is 0 Å². The Bertz CT molecular complexity index is 3220. The number of nitrogens with zero attached hydrogens (tertiary/aromatic N) is 1. The summed E-state index contributed by atoms with van der Waals surface area (Å²) in [7, 11) is 0. The molecule has 0 bridgehead atoms. The molecule has 0 fully saturated rings. The van der Waals surface area contributed by atoms with Crippen LogP contribution in [0.5, 0.6) is 0 Å². The molecule has 9 aromatic carbocycles. The monoisotopic (exact) mass is 745 g/mol. The van der Waals surface area contributed by atoms with Crippen molar-refractivity contribution in [3.05, 3.63) is 212 Å². The first kappa shape index (κ1) is 33.2. The normalized spacial score (nSPS) is 11.5. The molecule has 2 nitrogen and oxygen atoms in total. The Hall–Kier alpha value is -7.20. The van der Waals surface area contributed by atoms with Gasteiger partial charge in [-0.25, -0.2) is 0 Å². The van der Waals surface area contributed by atoms with E-state index in [2.05, 4.69) is 205 Å². The summed E-state index contributed by atoms with van der Waals surface area (Å²) in [5, 5.41) is 4.80. The zero-order valence-electron chi connectivity index (χ0n) is 31.0. The van der Waals surface area contributed by atoms with Crippen molar-refractivity contribution in [3.8, 4) is 44.5 Å². The minimum Gasteiger partial charge on any atom is -0.456 e. The molecule has 0 saturated carbocycles. The Morgan fingerprint density at radius 2 is 0.895 bits per heavy atom. The van der Waals surface area contributed by atoms with Gasteiger partial charge in [-0.1, -0.05) is 164 Å². The van der Waals surface area contributed by atoms with Crippen molar-refractivity contribution >= 4 is 70.5 Å². The summed E-state index contributed by atoms with van der Waals surface area (Å²) < 4.78 is 9.08. The molecular formula is C54H35NOS. The standard InChI is InChI=1S/C54H35NOS/c1-4-14-36(15-5-1)38-24-27-41(28-25-38)55(42-29-31-46-45-20-10-12-22-50(45)56-51(46)35-42)49-34-40(37-16-6-2-7-17-37)26-30-44(49)47-33-32-43(39-18-8-3-9-19-39)53-48-21-11-13-23-52(48)57-54(47)53/h1-35H. The lowest BCUT2D eigenvalue weighted by Crippen LogP contribution is -2.11. The van der Waals surface area contributed by atoms with E-state index >= 15 is 0 Å². The van der Waals surface area contributed by atoms with E-state index < -0.39 is 0 Å². The van der Waals surface area contributed by atoms with E-state index in [4.69, 9.17) is 4.42 Å². The van der Waals surface area contributed by atoms with Gasteiger partial charge in [0.2, 0.25) is 0 Å². The van der Waals surface area contributed by atoms with Crippen molar-refractivity contribution in [2.45, 2.75) is 0 Å². The number of rotatable bonds is 7. The number of para-hydroxylation sites is 1. The van der Waals surface area contributed by atoms with Gasteiger partial charge in [0.05, 0.1) is 5.69 Å². The molecule has 0 atom stereocenters. The van der Waals surface area contributed by atoms with Crippen LogP contribution in [0.25, 0.3) is 86.6 Å². The minimum absolute atomic E-state index is 0.861. The van der Waals surface area contributed by atoms with Gasteiger partial charge in [-0.15, -0.1) is 11.3 Å². The van der Waals surface area contributed by atoms with Crippen LogP contribution in [0.2, 0.25) is 0 Å². The number of hydrogen-bond acceptors (Lipinski definition) is 3. The average molecular weight is 746 g/mol. The van der Waals surface area contributed by atoms with Crippen LogP contribution in [-0.4, -0.2) is 0 Å². The highest BCUT2D eigenvalue weighted by atomic mass is 32.1. The first-order valence-electron chi connectivity index (χ1n) is 19.3. The van der Waals surface area contributed by atoms with Crippen molar-refractivity contribution in [2.75, 3.05) is 4.90 Å². The van der Waals surface area contributed by atoms with Crippen molar-refractivity contribution < 1.29 is 4.42 Å². The lowest BCUT2D eigenvalue weighted by molar-refractivity contribution is 0.669. The molecule has 0 amide bonds. The average Bonchev–Trinajstić information content (AvgIpc) is 3.86. The molecule has 2 heterocycles. The second kappa shape index (κ2) is 13.8. The van der Waals surface area contributed by atoms with Crippen molar-refractivity contribution in [1.29, 1.82) is 0 Å². The highest BCUT2D eigenvalue weighted by Crippen LogP contribution is 2.50. The maximum absolute atomic E-state index is 6.52. The van der Waals surface area contributed by atoms with E-state index in [1.807, 2.05) is 23.5 Å². The van der Waals surface area contributed by atoms with E-state index in [0.717, 1.165) is 50.1 Å². The largest absolute Gasteiger partial charge is 0.456 e. The Morgan fingerprint density at radius 1 is 0.351 bits per heavy atom. The molecule has 11 rings (SSSR count). The topological polar surface area (TPSA) is 16.4 Å². The number of hydrogen-bond donors (Lipinski definition) is 0. The molecule has 0 aliphatic rings. The van der Waals surface area contributed by atoms with Gasteiger partial charge in [0.1, 0.15) is 11.2 Å². The summed E-state index contributed by atoms with van der Waals surface area (Å²) in [6, 6.07) is 76.4. The first-order valence-corrected chi connectivity index (χ1v) is 20.1. The van der Waals surface area contributed by atoms with E-state index in [1.54, 1.807) is 0 Å². The molecular weight excluding hydrogens is 711 g/mol. The van der Waals surface area contributed by atoms with Gasteiger partial charge in [-0.2, -0.15) is 0 Å². The van der Waals surface area contributed by atoms with Gasteiger partial charge < -0.3 is 9.32 Å². The molecule has 3 heteroatoms. The van der Waals surface area contributed by atoms with Crippen LogP contribution in [0.1, 0.15) is 0 Å². The molecule has 57 heavy (non-hydrogen) atoms. The predicted molar refractivity (Wildman–Crippen MR) is 243 cm³/mol. The summed E-state index contributed by atoms with van der Waals surface area (Å²) in [6.45, 7) is 0. The second-order valence-electron chi connectivity index (χ2n) is 14.5. The number of anilines is 3. The lowest BCUT2D eigenvalue weighted by Gasteiger charge is -2.29. The van der Waals surface area contributed by atoms with E-state index in [9.17, 15) is 0 Å². The zero-order chi connectivity index (χ0) is 37.7.